The molecule has 0 aromatic heterocycles. The Kier molecular flexibility index (Phi) is 3.36. The van der Waals surface area contributed by atoms with Gasteiger partial charge in [-0.1, -0.05) is 29.8 Å². The molecule has 3 heteroatoms. The van der Waals surface area contributed by atoms with E-state index in [0.717, 1.165) is 16.7 Å². The molecule has 0 fully saturated rings. The molecule has 0 saturated carbocycles. The minimum atomic E-state index is -0.0386. The topological polar surface area (TPSA) is 46.2 Å². The first-order valence-corrected chi connectivity index (χ1v) is 5.80. The Morgan fingerprint density at radius 2 is 1.94 bits per heavy atom. The molecule has 0 spiro atoms. The van der Waals surface area contributed by atoms with Crippen LogP contribution >= 0.6 is 11.6 Å². The predicted molar refractivity (Wildman–Crippen MR) is 71.2 cm³/mol. The van der Waals surface area contributed by atoms with Crippen LogP contribution in [0, 0.1) is 0 Å². The number of aromatic hydroxyl groups is 1. The van der Waals surface area contributed by atoms with Crippen molar-refractivity contribution in [2.24, 2.45) is 5.73 Å². The van der Waals surface area contributed by atoms with Crippen LogP contribution < -0.4 is 5.73 Å². The van der Waals surface area contributed by atoms with Gasteiger partial charge >= 0.3 is 0 Å². The molecule has 0 saturated heterocycles. The molecular weight excluding hydrogens is 234 g/mol. The van der Waals surface area contributed by atoms with Gasteiger partial charge in [0, 0.05) is 16.6 Å². The van der Waals surface area contributed by atoms with Crippen molar-refractivity contribution in [3.63, 3.8) is 0 Å². The first kappa shape index (κ1) is 12.0. The quantitative estimate of drug-likeness (QED) is 0.849. The summed E-state index contributed by atoms with van der Waals surface area (Å²) in [6, 6.07) is 12.7. The zero-order valence-electron chi connectivity index (χ0n) is 9.52. The summed E-state index contributed by atoms with van der Waals surface area (Å²) in [7, 11) is 0. The van der Waals surface area contributed by atoms with Gasteiger partial charge in [0.1, 0.15) is 5.75 Å². The molecule has 2 rings (SSSR count). The highest BCUT2D eigenvalue weighted by molar-refractivity contribution is 6.33. The highest BCUT2D eigenvalue weighted by atomic mass is 35.5. The molecule has 17 heavy (non-hydrogen) atoms. The zero-order valence-corrected chi connectivity index (χ0v) is 10.3. The molecule has 0 heterocycles. The molecule has 0 aliphatic carbocycles. The first-order chi connectivity index (χ1) is 8.08. The van der Waals surface area contributed by atoms with E-state index in [9.17, 15) is 5.11 Å². The summed E-state index contributed by atoms with van der Waals surface area (Å²) in [6.07, 6.45) is 0. The van der Waals surface area contributed by atoms with Crippen molar-refractivity contribution in [2.75, 3.05) is 0 Å². The number of nitrogens with two attached hydrogens (primary N) is 1. The Morgan fingerprint density at radius 1 is 1.18 bits per heavy atom. The molecule has 0 amide bonds. The summed E-state index contributed by atoms with van der Waals surface area (Å²) in [4.78, 5) is 0. The second kappa shape index (κ2) is 4.78. The lowest BCUT2D eigenvalue weighted by Gasteiger charge is -2.10. The minimum absolute atomic E-state index is 0.0386. The van der Waals surface area contributed by atoms with Gasteiger partial charge in [0.05, 0.1) is 0 Å². The van der Waals surface area contributed by atoms with E-state index < -0.39 is 0 Å². The van der Waals surface area contributed by atoms with Gasteiger partial charge in [-0.15, -0.1) is 0 Å². The van der Waals surface area contributed by atoms with Crippen LogP contribution in [0.2, 0.25) is 5.02 Å². The maximum Gasteiger partial charge on any atom is 0.116 e. The second-order valence-corrected chi connectivity index (χ2v) is 4.49. The lowest BCUT2D eigenvalue weighted by molar-refractivity contribution is 0.475. The lowest BCUT2D eigenvalue weighted by Crippen LogP contribution is -2.04. The van der Waals surface area contributed by atoms with E-state index in [-0.39, 0.29) is 11.8 Å². The average Bonchev–Trinajstić information content (AvgIpc) is 2.29. The van der Waals surface area contributed by atoms with Crippen LogP contribution in [0.15, 0.2) is 42.5 Å². The van der Waals surface area contributed by atoms with Gasteiger partial charge in [-0.3, -0.25) is 0 Å². The van der Waals surface area contributed by atoms with Crippen molar-refractivity contribution >= 4 is 11.6 Å². The number of halogens is 1. The molecule has 0 aliphatic heterocycles. The van der Waals surface area contributed by atoms with Gasteiger partial charge in [0.15, 0.2) is 0 Å². The molecule has 88 valence electrons. The largest absolute Gasteiger partial charge is 0.508 e. The SMILES string of the molecule is CC(N)c1ccc(Cl)c(-c2cccc(O)c2)c1. The third-order valence-corrected chi connectivity index (χ3v) is 3.00. The lowest BCUT2D eigenvalue weighted by atomic mass is 10.0. The molecule has 3 N–H and O–H groups in total. The summed E-state index contributed by atoms with van der Waals surface area (Å²) < 4.78 is 0. The van der Waals surface area contributed by atoms with Crippen LogP contribution in [0.1, 0.15) is 18.5 Å². The maximum atomic E-state index is 9.48. The van der Waals surface area contributed by atoms with Crippen LogP contribution in [0.4, 0.5) is 0 Å². The normalized spacial score (nSPS) is 12.4. The summed E-state index contributed by atoms with van der Waals surface area (Å²) in [6.45, 7) is 1.93. The number of rotatable bonds is 2. The number of benzene rings is 2. The first-order valence-electron chi connectivity index (χ1n) is 5.42. The number of hydrogen-bond acceptors (Lipinski definition) is 2. The van der Waals surface area contributed by atoms with Crippen molar-refractivity contribution in [1.82, 2.24) is 0 Å². The van der Waals surface area contributed by atoms with Crippen molar-refractivity contribution in [3.8, 4) is 16.9 Å². The third-order valence-electron chi connectivity index (χ3n) is 2.67. The van der Waals surface area contributed by atoms with E-state index in [2.05, 4.69) is 0 Å². The minimum Gasteiger partial charge on any atom is -0.508 e. The molecular formula is C14H14ClNO. The summed E-state index contributed by atoms with van der Waals surface area (Å²) >= 11 is 6.17. The van der Waals surface area contributed by atoms with Crippen molar-refractivity contribution in [3.05, 3.63) is 53.1 Å². The zero-order chi connectivity index (χ0) is 12.4. The summed E-state index contributed by atoms with van der Waals surface area (Å²) in [5.41, 5.74) is 8.64. The number of hydrogen-bond donors (Lipinski definition) is 2. The van der Waals surface area contributed by atoms with Gasteiger partial charge in [-0.25, -0.2) is 0 Å². The van der Waals surface area contributed by atoms with Gasteiger partial charge in [0.2, 0.25) is 0 Å². The van der Waals surface area contributed by atoms with Crippen LogP contribution in [0.25, 0.3) is 11.1 Å². The highest BCUT2D eigenvalue weighted by Gasteiger charge is 2.07. The van der Waals surface area contributed by atoms with E-state index >= 15 is 0 Å². The number of phenols is 1. The Hall–Kier alpha value is -1.51. The molecule has 2 nitrogen and oxygen atoms in total. The molecule has 0 radical (unpaired) electrons. The standard InChI is InChI=1S/C14H14ClNO/c1-9(16)10-5-6-14(15)13(8-10)11-3-2-4-12(17)7-11/h2-9,17H,16H2,1H3. The Labute approximate surface area is 106 Å². The molecule has 2 aromatic rings. The fraction of sp³-hybridized carbons (Fsp3) is 0.143. The van der Waals surface area contributed by atoms with Crippen molar-refractivity contribution < 1.29 is 5.11 Å². The van der Waals surface area contributed by atoms with Crippen molar-refractivity contribution in [1.29, 1.82) is 0 Å². The second-order valence-electron chi connectivity index (χ2n) is 4.08. The van der Waals surface area contributed by atoms with E-state index in [1.807, 2.05) is 31.2 Å². The molecule has 0 aliphatic rings. The summed E-state index contributed by atoms with van der Waals surface area (Å²) in [5.74, 6) is 0.227. The van der Waals surface area contributed by atoms with E-state index in [1.54, 1.807) is 18.2 Å². The van der Waals surface area contributed by atoms with Crippen LogP contribution in [-0.2, 0) is 0 Å². The van der Waals surface area contributed by atoms with E-state index in [0.29, 0.717) is 5.02 Å². The Morgan fingerprint density at radius 3 is 2.59 bits per heavy atom. The van der Waals surface area contributed by atoms with Crippen LogP contribution in [0.5, 0.6) is 5.75 Å². The summed E-state index contributed by atoms with van der Waals surface area (Å²) in [5, 5.41) is 10.1. The molecule has 1 unspecified atom stereocenters. The van der Waals surface area contributed by atoms with Crippen LogP contribution in [0.3, 0.4) is 0 Å². The Bertz CT molecular complexity index is 537. The molecule has 2 aromatic carbocycles. The monoisotopic (exact) mass is 247 g/mol. The molecule has 1 atom stereocenters. The Balaban J connectivity index is 2.54. The van der Waals surface area contributed by atoms with Gasteiger partial charge < -0.3 is 10.8 Å². The van der Waals surface area contributed by atoms with Gasteiger partial charge in [-0.2, -0.15) is 0 Å². The van der Waals surface area contributed by atoms with Crippen LogP contribution in [-0.4, -0.2) is 5.11 Å². The average molecular weight is 248 g/mol. The third kappa shape index (κ3) is 2.60. The predicted octanol–water partition coefficient (Wildman–Crippen LogP) is 3.73. The highest BCUT2D eigenvalue weighted by Crippen LogP contribution is 2.31. The smallest absolute Gasteiger partial charge is 0.116 e. The van der Waals surface area contributed by atoms with Crippen molar-refractivity contribution in [2.45, 2.75) is 13.0 Å². The fourth-order valence-corrected chi connectivity index (χ4v) is 1.95. The van der Waals surface area contributed by atoms with Gasteiger partial charge in [-0.05, 0) is 42.3 Å². The van der Waals surface area contributed by atoms with E-state index in [4.69, 9.17) is 17.3 Å². The maximum absolute atomic E-state index is 9.48. The number of phenolic OH excluding ortho intramolecular Hbond substituents is 1. The molecule has 0 bridgehead atoms. The van der Waals surface area contributed by atoms with E-state index in [1.165, 1.54) is 0 Å². The fourth-order valence-electron chi connectivity index (χ4n) is 1.72. The van der Waals surface area contributed by atoms with Gasteiger partial charge in [0.25, 0.3) is 0 Å².